The summed E-state index contributed by atoms with van der Waals surface area (Å²) in [6, 6.07) is 28.8. The number of piperidine rings is 3. The number of carbonyl (C=O) groups is 3. The number of carbonyl (C=O) groups excluding carboxylic acids is 3. The Morgan fingerprint density at radius 1 is 0.581 bits per heavy atom. The van der Waals surface area contributed by atoms with Gasteiger partial charge >= 0.3 is 0 Å². The van der Waals surface area contributed by atoms with Crippen LogP contribution in [0, 0.1) is 23.7 Å². The minimum atomic E-state index is -0.0727. The van der Waals surface area contributed by atoms with E-state index in [-0.39, 0.29) is 45.5 Å². The summed E-state index contributed by atoms with van der Waals surface area (Å²) in [7, 11) is 1.87. The topological polar surface area (TPSA) is 124 Å². The molecule has 12 heteroatoms. The quantitative estimate of drug-likeness (QED) is 0.120. The maximum absolute atomic E-state index is 12.9. The predicted molar refractivity (Wildman–Crippen MR) is 357 cm³/mol. The second kappa shape index (κ2) is 28.6. The van der Waals surface area contributed by atoms with E-state index in [0.717, 1.165) is 64.0 Å². The predicted octanol–water partition coefficient (Wildman–Crippen LogP) is 14.7. The SMILES string of the molecule is CC(=O)N[C@H]1CCC2(CCN(CC=C(C)C)CC2)c2ccccc21.CC(C)(C)CCN1CCC2(CC[C@@H](NC(=O)CC3CCOCC3)c3ccccc32)CC1.Cc1cc(C(=O)N[C@H]2CCC3(CCN(CCC(C)(C)C)CC3)c3ccccc32)nn1C.[HH].[HH].[HH]. The lowest BCUT2D eigenvalue weighted by molar-refractivity contribution is -0.123. The zero-order chi connectivity index (χ0) is 61.3. The first-order valence-corrected chi connectivity index (χ1v) is 33.6. The number of aryl methyl sites for hydroxylation is 2. The van der Waals surface area contributed by atoms with Crippen LogP contribution < -0.4 is 16.0 Å². The van der Waals surface area contributed by atoms with Crippen molar-refractivity contribution in [3.63, 3.8) is 0 Å². The smallest absolute Gasteiger partial charge is 0.272 e. The summed E-state index contributed by atoms with van der Waals surface area (Å²) < 4.78 is 7.20. The number of benzene rings is 3. The van der Waals surface area contributed by atoms with Gasteiger partial charge in [0.25, 0.3) is 5.91 Å². The van der Waals surface area contributed by atoms with E-state index < -0.39 is 0 Å². The molecule has 3 N–H and O–H groups in total. The Bertz CT molecular complexity index is 2910. The molecule has 3 aliphatic carbocycles. The average Bonchev–Trinajstić information content (AvgIpc) is 1.15. The minimum absolute atomic E-state index is 0. The zero-order valence-corrected chi connectivity index (χ0v) is 55.1. The van der Waals surface area contributed by atoms with Crippen LogP contribution in [0.25, 0.3) is 0 Å². The summed E-state index contributed by atoms with van der Waals surface area (Å²) in [6.07, 6.45) is 21.6. The highest BCUT2D eigenvalue weighted by molar-refractivity contribution is 5.92. The molecule has 476 valence electrons. The second-order valence-electron chi connectivity index (χ2n) is 30.1. The molecule has 3 aromatic carbocycles. The monoisotopic (exact) mass is 1180 g/mol. The van der Waals surface area contributed by atoms with Gasteiger partial charge in [0.05, 0.1) is 18.1 Å². The van der Waals surface area contributed by atoms with Crippen LogP contribution in [0.3, 0.4) is 0 Å². The maximum Gasteiger partial charge on any atom is 0.272 e. The van der Waals surface area contributed by atoms with Gasteiger partial charge in [0.2, 0.25) is 11.8 Å². The largest absolute Gasteiger partial charge is 0.381 e. The molecule has 1 aromatic heterocycles. The Kier molecular flexibility index (Phi) is 21.7. The van der Waals surface area contributed by atoms with E-state index in [1.165, 1.54) is 156 Å². The lowest BCUT2D eigenvalue weighted by atomic mass is 9.63. The Labute approximate surface area is 523 Å². The van der Waals surface area contributed by atoms with Crippen molar-refractivity contribution in [1.82, 2.24) is 40.4 Å². The third kappa shape index (κ3) is 16.8. The summed E-state index contributed by atoms with van der Waals surface area (Å²) in [5.41, 5.74) is 13.0. The summed E-state index contributed by atoms with van der Waals surface area (Å²) in [6.45, 7) is 34.1. The van der Waals surface area contributed by atoms with Crippen LogP contribution in [0.1, 0.15) is 243 Å². The second-order valence-corrected chi connectivity index (χ2v) is 30.1. The van der Waals surface area contributed by atoms with E-state index >= 15 is 0 Å². The van der Waals surface area contributed by atoms with Crippen LogP contribution >= 0.6 is 0 Å². The first kappa shape index (κ1) is 65.3. The van der Waals surface area contributed by atoms with Gasteiger partial charge in [-0.15, -0.1) is 0 Å². The number of rotatable bonds is 12. The molecule has 0 saturated carbocycles. The van der Waals surface area contributed by atoms with Gasteiger partial charge in [-0.3, -0.25) is 24.0 Å². The van der Waals surface area contributed by atoms with E-state index in [4.69, 9.17) is 4.74 Å². The first-order valence-electron chi connectivity index (χ1n) is 33.6. The lowest BCUT2D eigenvalue weighted by Crippen LogP contribution is -2.46. The summed E-state index contributed by atoms with van der Waals surface area (Å²) >= 11 is 0. The summed E-state index contributed by atoms with van der Waals surface area (Å²) in [5, 5.41) is 14.2. The number of hydrogen-bond donors (Lipinski definition) is 3. The Morgan fingerprint density at radius 2 is 0.988 bits per heavy atom. The number of fused-ring (bicyclic) bond motifs is 6. The molecule has 11 rings (SSSR count). The molecule has 86 heavy (non-hydrogen) atoms. The summed E-state index contributed by atoms with van der Waals surface area (Å²) in [5.74, 6) is 0.703. The third-order valence-electron chi connectivity index (χ3n) is 21.2. The van der Waals surface area contributed by atoms with Crippen molar-refractivity contribution in [2.24, 2.45) is 23.8 Å². The van der Waals surface area contributed by atoms with Gasteiger partial charge < -0.3 is 30.5 Å². The van der Waals surface area contributed by atoms with Gasteiger partial charge in [-0.05, 0) is 248 Å². The van der Waals surface area contributed by atoms with Gasteiger partial charge in [0.15, 0.2) is 0 Å². The third-order valence-corrected chi connectivity index (χ3v) is 21.2. The van der Waals surface area contributed by atoms with Crippen LogP contribution in [-0.4, -0.2) is 114 Å². The number of amides is 3. The molecule has 7 aliphatic rings. The van der Waals surface area contributed by atoms with Gasteiger partial charge in [-0.25, -0.2) is 0 Å². The Morgan fingerprint density at radius 3 is 1.38 bits per heavy atom. The molecule has 0 unspecified atom stereocenters. The van der Waals surface area contributed by atoms with Crippen molar-refractivity contribution in [2.45, 2.75) is 213 Å². The van der Waals surface area contributed by atoms with E-state index in [9.17, 15) is 14.4 Å². The summed E-state index contributed by atoms with van der Waals surface area (Å²) in [4.78, 5) is 45.1. The highest BCUT2D eigenvalue weighted by Gasteiger charge is 2.45. The highest BCUT2D eigenvalue weighted by Crippen LogP contribution is 2.51. The zero-order valence-electron chi connectivity index (χ0n) is 55.1. The van der Waals surface area contributed by atoms with Crippen LogP contribution in [0.5, 0.6) is 0 Å². The normalized spacial score (nSPS) is 22.8. The molecule has 0 radical (unpaired) electrons. The first-order chi connectivity index (χ1) is 41.0. The van der Waals surface area contributed by atoms with Crippen molar-refractivity contribution in [2.75, 3.05) is 72.1 Å². The number of likely N-dealkylation sites (tertiary alicyclic amines) is 3. The molecule has 5 heterocycles. The molecule has 0 bridgehead atoms. The number of hydrogen-bond acceptors (Lipinski definition) is 8. The van der Waals surface area contributed by atoms with Crippen molar-refractivity contribution in [3.8, 4) is 0 Å². The minimum Gasteiger partial charge on any atom is -0.381 e. The molecule has 4 saturated heterocycles. The molecule has 4 fully saturated rings. The molecule has 3 amide bonds. The van der Waals surface area contributed by atoms with Gasteiger partial charge in [0.1, 0.15) is 5.69 Å². The van der Waals surface area contributed by atoms with Gasteiger partial charge in [0, 0.05) is 50.1 Å². The van der Waals surface area contributed by atoms with Crippen molar-refractivity contribution in [3.05, 3.63) is 135 Å². The Balaban J connectivity index is 0.000000211. The Hall–Kier alpha value is -5.14. The van der Waals surface area contributed by atoms with Crippen LogP contribution in [0.4, 0.5) is 0 Å². The van der Waals surface area contributed by atoms with Crippen LogP contribution in [0.2, 0.25) is 0 Å². The number of allylic oxidation sites excluding steroid dienone is 1. The molecule has 3 atom stereocenters. The molecular formula is C74H116N8O4. The van der Waals surface area contributed by atoms with Crippen LogP contribution in [-0.2, 0) is 37.6 Å². The number of aromatic nitrogens is 2. The van der Waals surface area contributed by atoms with Crippen molar-refractivity contribution < 1.29 is 23.4 Å². The van der Waals surface area contributed by atoms with E-state index in [0.29, 0.717) is 39.7 Å². The molecular weight excluding hydrogens is 1060 g/mol. The van der Waals surface area contributed by atoms with Gasteiger partial charge in [-0.2, -0.15) is 5.10 Å². The van der Waals surface area contributed by atoms with Crippen LogP contribution in [0.15, 0.2) is 90.5 Å². The fourth-order valence-corrected chi connectivity index (χ4v) is 15.5. The van der Waals surface area contributed by atoms with E-state index in [2.05, 4.69) is 170 Å². The molecule has 4 aliphatic heterocycles. The lowest BCUT2D eigenvalue weighted by Gasteiger charge is -2.47. The van der Waals surface area contributed by atoms with E-state index in [1.54, 1.807) is 11.6 Å². The fraction of sp³-hybridized carbons (Fsp3) is 0.649. The average molecular weight is 1180 g/mol. The number of ether oxygens (including phenoxy) is 1. The van der Waals surface area contributed by atoms with Crippen molar-refractivity contribution in [1.29, 1.82) is 0 Å². The number of nitrogens with zero attached hydrogens (tertiary/aromatic N) is 5. The standard InChI is InChI=1S/C27H42N2O2.C26H38N4O.C21H30N2O.3H2/c1-26(2,3)12-15-29-16-13-27(14-17-29)11-8-24(22-6-4-5-7-23(22)27)28-25(30)20-21-9-18-31-19-10-21;1-19-18-23(28-29(19)5)24(31)27-22-10-11-26(21-9-7-6-8-20(21)22)13-16-30(17-14-26)15-12-25(2,3)4;1-16(2)9-13-23-14-11-21(12-15-23)10-8-20(22-17(3)24)18-6-4-5-7-19(18)21;;;/h4-7,21,24H,8-20H2,1-3H3,(H,28,30);6-9,18,22H,10-17H2,1-5H3,(H,27,31);4-7,9,20H,8,10-15H2,1-3H3,(H,22,24);3*1H/t24-;22-;20-;;;/m100.../s1. The van der Waals surface area contributed by atoms with Gasteiger partial charge in [-0.1, -0.05) is 126 Å². The van der Waals surface area contributed by atoms with E-state index in [1.807, 2.05) is 20.0 Å². The highest BCUT2D eigenvalue weighted by atomic mass is 16.5. The fourth-order valence-electron chi connectivity index (χ4n) is 15.5. The molecule has 4 aromatic rings. The number of nitrogens with one attached hydrogen (secondary N) is 3. The maximum atomic E-state index is 12.9. The molecule has 3 spiro atoms. The van der Waals surface area contributed by atoms with Crippen molar-refractivity contribution >= 4 is 17.7 Å². The molecule has 12 nitrogen and oxygen atoms in total.